The maximum Gasteiger partial charge on any atom is 0.340 e. The Morgan fingerprint density at radius 1 is 1.38 bits per heavy atom. The van der Waals surface area contributed by atoms with Crippen molar-refractivity contribution in [1.82, 2.24) is 9.55 Å². The average molecular weight is 356 g/mol. The number of pyridine rings is 1. The van der Waals surface area contributed by atoms with Gasteiger partial charge in [0.05, 0.1) is 11.1 Å². The Hall–Kier alpha value is -2.52. The fraction of sp³-hybridized carbons (Fsp3) is 0.500. The molecule has 0 aromatic carbocycles. The van der Waals surface area contributed by atoms with Crippen LogP contribution in [0.5, 0.6) is 0 Å². The van der Waals surface area contributed by atoms with E-state index in [-0.39, 0.29) is 17.6 Å². The molecule has 2 heterocycles. The lowest BCUT2D eigenvalue weighted by Gasteiger charge is -2.16. The molecule has 0 spiro atoms. The second kappa shape index (κ2) is 6.33. The van der Waals surface area contributed by atoms with E-state index in [1.165, 1.54) is 4.57 Å². The van der Waals surface area contributed by atoms with E-state index in [2.05, 4.69) is 16.8 Å². The molecule has 2 aromatic heterocycles. The molecule has 1 atom stereocenters. The van der Waals surface area contributed by atoms with Crippen LogP contribution in [0.4, 0.5) is 0 Å². The lowest BCUT2D eigenvalue weighted by Crippen LogP contribution is -2.21. The zero-order chi connectivity index (χ0) is 19.2. The van der Waals surface area contributed by atoms with Crippen molar-refractivity contribution in [2.24, 2.45) is 13.0 Å². The summed E-state index contributed by atoms with van der Waals surface area (Å²) in [6.45, 7) is 7.53. The summed E-state index contributed by atoms with van der Waals surface area (Å²) in [6.07, 6.45) is 2.63. The van der Waals surface area contributed by atoms with Crippen molar-refractivity contribution >= 4 is 16.9 Å². The molecule has 1 unspecified atom stereocenters. The largest absolute Gasteiger partial charge is 0.459 e. The van der Waals surface area contributed by atoms with E-state index in [1.807, 2.05) is 20.8 Å². The van der Waals surface area contributed by atoms with Gasteiger partial charge in [-0.1, -0.05) is 25.7 Å². The number of aliphatic hydroxyl groups is 1. The molecule has 1 aliphatic rings. The molecule has 1 fully saturated rings. The first-order chi connectivity index (χ1) is 12.1. The van der Waals surface area contributed by atoms with Gasteiger partial charge in [0.25, 0.3) is 5.56 Å². The monoisotopic (exact) mass is 356 g/mol. The minimum atomic E-state index is -0.945. The third-order valence-corrected chi connectivity index (χ3v) is 4.90. The standard InChI is InChI=1S/C20H24N2O4/c1-11(2)13(4)26-19(24)15-12(3)21-17-16(15)14(10-22(5)18(17)23)6-7-20(25)8-9-20/h10-11,13,21,25H,8-9H2,1-5H3. The van der Waals surface area contributed by atoms with Gasteiger partial charge in [-0.15, -0.1) is 0 Å². The van der Waals surface area contributed by atoms with E-state index in [4.69, 9.17) is 4.74 Å². The quantitative estimate of drug-likeness (QED) is 0.653. The highest BCUT2D eigenvalue weighted by Crippen LogP contribution is 2.34. The molecule has 26 heavy (non-hydrogen) atoms. The number of nitrogens with one attached hydrogen (secondary N) is 1. The summed E-state index contributed by atoms with van der Waals surface area (Å²) in [5, 5.41) is 10.5. The van der Waals surface area contributed by atoms with Gasteiger partial charge in [-0.2, -0.15) is 0 Å². The van der Waals surface area contributed by atoms with Gasteiger partial charge in [0.1, 0.15) is 17.2 Å². The van der Waals surface area contributed by atoms with Crippen LogP contribution in [-0.2, 0) is 11.8 Å². The highest BCUT2D eigenvalue weighted by Gasteiger charge is 2.38. The van der Waals surface area contributed by atoms with Crippen LogP contribution in [0.1, 0.15) is 55.2 Å². The highest BCUT2D eigenvalue weighted by atomic mass is 16.5. The average Bonchev–Trinajstić information content (AvgIpc) is 3.19. The third-order valence-electron chi connectivity index (χ3n) is 4.90. The molecule has 0 aliphatic heterocycles. The van der Waals surface area contributed by atoms with E-state index < -0.39 is 11.6 Å². The van der Waals surface area contributed by atoms with E-state index in [9.17, 15) is 14.7 Å². The second-order valence-electron chi connectivity index (χ2n) is 7.47. The van der Waals surface area contributed by atoms with Gasteiger partial charge in [0.15, 0.2) is 0 Å². The number of rotatable bonds is 3. The molecular weight excluding hydrogens is 332 g/mol. The Bertz CT molecular complexity index is 997. The molecule has 3 rings (SSSR count). The van der Waals surface area contributed by atoms with Gasteiger partial charge in [0.2, 0.25) is 0 Å². The number of H-pyrrole nitrogens is 1. The van der Waals surface area contributed by atoms with Crippen LogP contribution in [-0.4, -0.2) is 32.3 Å². The number of ether oxygens (including phenoxy) is 1. The zero-order valence-corrected chi connectivity index (χ0v) is 15.8. The minimum absolute atomic E-state index is 0.181. The molecule has 1 saturated carbocycles. The van der Waals surface area contributed by atoms with Gasteiger partial charge in [-0.05, 0) is 32.6 Å². The first kappa shape index (κ1) is 18.3. The smallest absolute Gasteiger partial charge is 0.340 e. The lowest BCUT2D eigenvalue weighted by molar-refractivity contribution is 0.0239. The second-order valence-corrected chi connectivity index (χ2v) is 7.47. The predicted octanol–water partition coefficient (Wildman–Crippen LogP) is 2.25. The van der Waals surface area contributed by atoms with Crippen molar-refractivity contribution in [3.63, 3.8) is 0 Å². The van der Waals surface area contributed by atoms with Crippen LogP contribution >= 0.6 is 0 Å². The molecule has 1 aliphatic carbocycles. The zero-order valence-electron chi connectivity index (χ0n) is 15.8. The number of carbonyl (C=O) groups excluding carboxylic acids is 1. The first-order valence-electron chi connectivity index (χ1n) is 8.81. The van der Waals surface area contributed by atoms with Crippen LogP contribution in [0.25, 0.3) is 10.9 Å². The summed E-state index contributed by atoms with van der Waals surface area (Å²) >= 11 is 0. The Morgan fingerprint density at radius 3 is 2.62 bits per heavy atom. The van der Waals surface area contributed by atoms with E-state index >= 15 is 0 Å². The van der Waals surface area contributed by atoms with Crippen molar-refractivity contribution in [3.8, 4) is 11.8 Å². The predicted molar refractivity (Wildman–Crippen MR) is 99.1 cm³/mol. The molecule has 6 nitrogen and oxygen atoms in total. The summed E-state index contributed by atoms with van der Waals surface area (Å²) in [5.74, 6) is 5.51. The van der Waals surface area contributed by atoms with E-state index in [1.54, 1.807) is 20.2 Å². The number of fused-ring (bicyclic) bond motifs is 1. The molecule has 0 saturated heterocycles. The number of hydrogen-bond donors (Lipinski definition) is 2. The van der Waals surface area contributed by atoms with Crippen LogP contribution in [0.15, 0.2) is 11.0 Å². The Balaban J connectivity index is 2.18. The first-order valence-corrected chi connectivity index (χ1v) is 8.81. The summed E-state index contributed by atoms with van der Waals surface area (Å²) in [7, 11) is 1.63. The summed E-state index contributed by atoms with van der Waals surface area (Å²) in [6, 6.07) is 0. The fourth-order valence-electron chi connectivity index (χ4n) is 2.69. The van der Waals surface area contributed by atoms with Crippen LogP contribution in [0, 0.1) is 24.7 Å². The molecule has 0 amide bonds. The minimum Gasteiger partial charge on any atom is -0.459 e. The van der Waals surface area contributed by atoms with E-state index in [0.29, 0.717) is 40.6 Å². The normalized spacial score (nSPS) is 16.3. The van der Waals surface area contributed by atoms with Crippen LogP contribution in [0.2, 0.25) is 0 Å². The van der Waals surface area contributed by atoms with Crippen LogP contribution < -0.4 is 5.56 Å². The van der Waals surface area contributed by atoms with Gasteiger partial charge in [0, 0.05) is 24.3 Å². The number of aromatic amines is 1. The number of nitrogens with zero attached hydrogens (tertiary/aromatic N) is 1. The summed E-state index contributed by atoms with van der Waals surface area (Å²) in [5.41, 5.74) is 0.559. The van der Waals surface area contributed by atoms with Crippen molar-refractivity contribution in [1.29, 1.82) is 0 Å². The number of carbonyl (C=O) groups is 1. The van der Waals surface area contributed by atoms with E-state index in [0.717, 1.165) is 0 Å². The molecule has 0 bridgehead atoms. The molecular formula is C20H24N2O4. The highest BCUT2D eigenvalue weighted by molar-refractivity contribution is 6.07. The van der Waals surface area contributed by atoms with Crippen LogP contribution in [0.3, 0.4) is 0 Å². The molecule has 0 radical (unpaired) electrons. The Labute approximate surface area is 152 Å². The van der Waals surface area contributed by atoms with Crippen molar-refractivity contribution in [2.75, 3.05) is 0 Å². The molecule has 6 heteroatoms. The van der Waals surface area contributed by atoms with Gasteiger partial charge < -0.3 is 19.4 Å². The summed E-state index contributed by atoms with van der Waals surface area (Å²) in [4.78, 5) is 28.3. The van der Waals surface area contributed by atoms with Gasteiger partial charge >= 0.3 is 5.97 Å². The van der Waals surface area contributed by atoms with Gasteiger partial charge in [-0.3, -0.25) is 4.79 Å². The van der Waals surface area contributed by atoms with Crippen molar-refractivity contribution in [2.45, 2.75) is 52.2 Å². The number of hydrogen-bond acceptors (Lipinski definition) is 4. The maximum atomic E-state index is 12.8. The number of aryl methyl sites for hydroxylation is 2. The van der Waals surface area contributed by atoms with Gasteiger partial charge in [-0.25, -0.2) is 4.79 Å². The maximum absolute atomic E-state index is 12.8. The van der Waals surface area contributed by atoms with Crippen molar-refractivity contribution in [3.05, 3.63) is 33.4 Å². The van der Waals surface area contributed by atoms with Crippen molar-refractivity contribution < 1.29 is 14.6 Å². The SMILES string of the molecule is Cc1[nH]c2c(=O)n(C)cc(C#CC3(O)CC3)c2c1C(=O)OC(C)C(C)C. The number of esters is 1. The third kappa shape index (κ3) is 3.27. The Morgan fingerprint density at radius 2 is 2.04 bits per heavy atom. The Kier molecular flexibility index (Phi) is 4.45. The summed E-state index contributed by atoms with van der Waals surface area (Å²) < 4.78 is 6.98. The number of aromatic nitrogens is 2. The molecule has 138 valence electrons. The lowest BCUT2D eigenvalue weighted by atomic mass is 10.1. The topological polar surface area (TPSA) is 84.3 Å². The fourth-order valence-corrected chi connectivity index (χ4v) is 2.69. The molecule has 2 aromatic rings. The molecule has 2 N–H and O–H groups in total.